The average Bonchev–Trinajstić information content (AvgIpc) is 3.21. The van der Waals surface area contributed by atoms with Crippen LogP contribution >= 0.6 is 11.8 Å². The van der Waals surface area contributed by atoms with Crippen molar-refractivity contribution in [1.82, 2.24) is 5.32 Å². The van der Waals surface area contributed by atoms with Crippen LogP contribution in [0.15, 0.2) is 163 Å². The Bertz CT molecular complexity index is 2030. The molecule has 1 aliphatic rings. The summed E-state index contributed by atoms with van der Waals surface area (Å²) in [5.41, 5.74) is 6.59. The van der Waals surface area contributed by atoms with Gasteiger partial charge < -0.3 is 30.0 Å². The monoisotopic (exact) mass is 708 g/mol. The molecule has 52 heavy (non-hydrogen) atoms. The van der Waals surface area contributed by atoms with E-state index in [2.05, 4.69) is 65.2 Å². The molecule has 1 saturated heterocycles. The van der Waals surface area contributed by atoms with E-state index in [1.165, 1.54) is 4.90 Å². The molecule has 1 aliphatic heterocycles. The van der Waals surface area contributed by atoms with E-state index in [-0.39, 0.29) is 24.8 Å². The van der Waals surface area contributed by atoms with Crippen LogP contribution in [0, 0.1) is 0 Å². The maximum absolute atomic E-state index is 12.9. The molecule has 8 heteroatoms. The number of para-hydroxylation sites is 1. The first kappa shape index (κ1) is 35.0. The summed E-state index contributed by atoms with van der Waals surface area (Å²) in [7, 11) is 0. The van der Waals surface area contributed by atoms with Crippen molar-refractivity contribution in [3.8, 4) is 22.6 Å². The summed E-state index contributed by atoms with van der Waals surface area (Å²) in [5, 5.41) is 15.4. The summed E-state index contributed by atoms with van der Waals surface area (Å²) in [6, 6.07) is 51.2. The Morgan fingerprint density at radius 1 is 0.712 bits per heavy atom. The Morgan fingerprint density at radius 3 is 2.10 bits per heavy atom. The first-order valence-electron chi connectivity index (χ1n) is 17.3. The summed E-state index contributed by atoms with van der Waals surface area (Å²) in [6.45, 7) is 0.360. The van der Waals surface area contributed by atoms with Crippen LogP contribution in [0.25, 0.3) is 11.1 Å². The zero-order valence-electron chi connectivity index (χ0n) is 28.6. The average molecular weight is 709 g/mol. The quantitative estimate of drug-likeness (QED) is 0.110. The molecule has 7 nitrogen and oxygen atoms in total. The fourth-order valence-electron chi connectivity index (χ4n) is 6.09. The Morgan fingerprint density at radius 2 is 1.37 bits per heavy atom. The highest BCUT2D eigenvalue weighted by Crippen LogP contribution is 2.40. The standard InChI is InChI=1S/C44H40N2O5S/c47-29-31-15-17-33(18-16-31)42-27-39(30-52-40-12-5-2-6-13-40)50-43(51-42)34-21-19-32(20-22-34)41-14-8-7-9-35(41)28-45-44(48)46-36-23-25-38(26-24-36)49-37-10-3-1-4-11-37/h1-26,39,42-43,47H,27-30H2,(H2,45,46,48)/t39-,42+,43+/m0/s1. The Kier molecular flexibility index (Phi) is 11.6. The van der Waals surface area contributed by atoms with E-state index in [0.717, 1.165) is 51.3 Å². The number of carbonyl (C=O) groups excluding carboxylic acids is 1. The lowest BCUT2D eigenvalue weighted by molar-refractivity contribution is -0.245. The van der Waals surface area contributed by atoms with Crippen molar-refractivity contribution in [1.29, 1.82) is 0 Å². The number of aliphatic hydroxyl groups is 1. The molecule has 0 unspecified atom stereocenters. The van der Waals surface area contributed by atoms with Crippen LogP contribution in [0.3, 0.4) is 0 Å². The predicted molar refractivity (Wildman–Crippen MR) is 206 cm³/mol. The number of ether oxygens (including phenoxy) is 3. The molecule has 3 atom stereocenters. The lowest BCUT2D eigenvalue weighted by atomic mass is 9.98. The third-order valence-corrected chi connectivity index (χ3v) is 9.98. The second kappa shape index (κ2) is 17.2. The van der Waals surface area contributed by atoms with Crippen molar-refractivity contribution in [2.75, 3.05) is 11.1 Å². The van der Waals surface area contributed by atoms with Gasteiger partial charge in [-0.3, -0.25) is 0 Å². The number of amides is 2. The topological polar surface area (TPSA) is 89.1 Å². The number of nitrogens with one attached hydrogen (secondary N) is 2. The van der Waals surface area contributed by atoms with Crippen LogP contribution < -0.4 is 15.4 Å². The minimum atomic E-state index is -0.536. The van der Waals surface area contributed by atoms with Gasteiger partial charge in [-0.25, -0.2) is 4.79 Å². The van der Waals surface area contributed by atoms with Crippen LogP contribution in [0.1, 0.15) is 41.1 Å². The van der Waals surface area contributed by atoms with Crippen molar-refractivity contribution in [2.24, 2.45) is 0 Å². The molecule has 6 aromatic rings. The maximum atomic E-state index is 12.9. The SMILES string of the molecule is O=C(NCc1ccccc1-c1ccc([C@@H]2O[C@H](CSc3ccccc3)C[C@H](c3ccc(CO)cc3)O2)cc1)Nc1ccc(Oc2ccccc2)cc1. The van der Waals surface area contributed by atoms with E-state index in [1.807, 2.05) is 103 Å². The normalized spacial score (nSPS) is 16.9. The molecule has 0 aliphatic carbocycles. The first-order chi connectivity index (χ1) is 25.6. The number of anilines is 1. The van der Waals surface area contributed by atoms with Gasteiger partial charge in [-0.15, -0.1) is 11.8 Å². The van der Waals surface area contributed by atoms with Crippen molar-refractivity contribution >= 4 is 23.5 Å². The molecule has 0 aromatic heterocycles. The molecule has 0 bridgehead atoms. The van der Waals surface area contributed by atoms with Crippen LogP contribution in [0.2, 0.25) is 0 Å². The number of urea groups is 1. The predicted octanol–water partition coefficient (Wildman–Crippen LogP) is 10.3. The third-order valence-electron chi connectivity index (χ3n) is 8.84. The zero-order valence-corrected chi connectivity index (χ0v) is 29.4. The first-order valence-corrected chi connectivity index (χ1v) is 18.3. The van der Waals surface area contributed by atoms with Gasteiger partial charge in [-0.05, 0) is 76.3 Å². The van der Waals surface area contributed by atoms with Gasteiger partial charge in [0, 0.05) is 34.9 Å². The summed E-state index contributed by atoms with van der Waals surface area (Å²) < 4.78 is 19.0. The van der Waals surface area contributed by atoms with Gasteiger partial charge in [0.1, 0.15) is 11.5 Å². The van der Waals surface area contributed by atoms with E-state index >= 15 is 0 Å². The molecule has 1 heterocycles. The van der Waals surface area contributed by atoms with Crippen molar-refractivity contribution in [3.63, 3.8) is 0 Å². The van der Waals surface area contributed by atoms with E-state index in [4.69, 9.17) is 14.2 Å². The molecule has 0 saturated carbocycles. The van der Waals surface area contributed by atoms with Gasteiger partial charge >= 0.3 is 6.03 Å². The second-order valence-corrected chi connectivity index (χ2v) is 13.6. The number of hydrogen-bond acceptors (Lipinski definition) is 6. The van der Waals surface area contributed by atoms with Crippen LogP contribution in [-0.2, 0) is 22.6 Å². The van der Waals surface area contributed by atoms with Crippen molar-refractivity contribution in [3.05, 3.63) is 180 Å². The molecule has 6 aromatic carbocycles. The van der Waals surface area contributed by atoms with Crippen molar-refractivity contribution in [2.45, 2.75) is 43.0 Å². The van der Waals surface area contributed by atoms with Gasteiger partial charge in [-0.1, -0.05) is 109 Å². The highest BCUT2D eigenvalue weighted by atomic mass is 32.2. The third kappa shape index (κ3) is 9.29. The maximum Gasteiger partial charge on any atom is 0.319 e. The molecular formula is C44H40N2O5S. The lowest BCUT2D eigenvalue weighted by Gasteiger charge is -2.36. The highest BCUT2D eigenvalue weighted by molar-refractivity contribution is 7.99. The van der Waals surface area contributed by atoms with E-state index < -0.39 is 6.29 Å². The minimum Gasteiger partial charge on any atom is -0.457 e. The number of benzene rings is 6. The second-order valence-electron chi connectivity index (χ2n) is 12.5. The number of hydrogen-bond donors (Lipinski definition) is 3. The zero-order chi connectivity index (χ0) is 35.5. The van der Waals surface area contributed by atoms with E-state index in [0.29, 0.717) is 18.0 Å². The number of aliphatic hydroxyl groups excluding tert-OH is 1. The molecule has 262 valence electrons. The molecule has 0 spiro atoms. The van der Waals surface area contributed by atoms with Gasteiger partial charge in [0.15, 0.2) is 6.29 Å². The number of thioether (sulfide) groups is 1. The lowest BCUT2D eigenvalue weighted by Crippen LogP contribution is -2.31. The molecule has 7 rings (SSSR count). The van der Waals surface area contributed by atoms with Crippen LogP contribution in [-0.4, -0.2) is 23.0 Å². The summed E-state index contributed by atoms with van der Waals surface area (Å²) in [4.78, 5) is 14.1. The van der Waals surface area contributed by atoms with Crippen LogP contribution in [0.4, 0.5) is 10.5 Å². The Hall–Kier alpha value is -5.38. The van der Waals surface area contributed by atoms with Gasteiger partial charge in [0.05, 0.1) is 18.8 Å². The molecule has 1 fully saturated rings. The summed E-state index contributed by atoms with van der Waals surface area (Å²) in [5.74, 6) is 2.24. The fourth-order valence-corrected chi connectivity index (χ4v) is 7.03. The van der Waals surface area contributed by atoms with Gasteiger partial charge in [0.25, 0.3) is 0 Å². The van der Waals surface area contributed by atoms with Crippen molar-refractivity contribution < 1.29 is 24.1 Å². The van der Waals surface area contributed by atoms with E-state index in [9.17, 15) is 9.90 Å². The number of rotatable bonds is 12. The van der Waals surface area contributed by atoms with E-state index in [1.54, 1.807) is 11.8 Å². The smallest absolute Gasteiger partial charge is 0.319 e. The fraction of sp³-hybridized carbons (Fsp3) is 0.159. The highest BCUT2D eigenvalue weighted by Gasteiger charge is 2.32. The largest absolute Gasteiger partial charge is 0.457 e. The molecular weight excluding hydrogens is 669 g/mol. The van der Waals surface area contributed by atoms with Gasteiger partial charge in [-0.2, -0.15) is 0 Å². The number of carbonyl (C=O) groups is 1. The summed E-state index contributed by atoms with van der Waals surface area (Å²) >= 11 is 1.78. The Labute approximate surface area is 308 Å². The Balaban J connectivity index is 0.997. The molecule has 3 N–H and O–H groups in total. The minimum absolute atomic E-state index is 0.00704. The molecule has 0 radical (unpaired) electrons. The van der Waals surface area contributed by atoms with Crippen LogP contribution in [0.5, 0.6) is 11.5 Å². The molecule has 2 amide bonds. The van der Waals surface area contributed by atoms with Gasteiger partial charge in [0.2, 0.25) is 0 Å². The summed E-state index contributed by atoms with van der Waals surface area (Å²) in [6.07, 6.45) is 0.0245.